The van der Waals surface area contributed by atoms with Crippen LogP contribution in [-0.4, -0.2) is 37.5 Å². The number of benzene rings is 3. The molecule has 0 aliphatic carbocycles. The van der Waals surface area contributed by atoms with Gasteiger partial charge in [-0.25, -0.2) is 8.42 Å². The van der Waals surface area contributed by atoms with Gasteiger partial charge in [-0.3, -0.25) is 4.79 Å². The Morgan fingerprint density at radius 3 is 2.31 bits per heavy atom. The van der Waals surface area contributed by atoms with Gasteiger partial charge in [0, 0.05) is 35.1 Å². The van der Waals surface area contributed by atoms with Gasteiger partial charge in [0.05, 0.1) is 10.4 Å². The lowest BCUT2D eigenvalue weighted by Gasteiger charge is -2.23. The number of ether oxygens (including phenoxy) is 2. The van der Waals surface area contributed by atoms with Crippen molar-refractivity contribution in [2.45, 2.75) is 17.9 Å². The molecule has 9 heteroatoms. The molecule has 0 amide bonds. The number of halogens is 1. The number of pyridine rings is 1. The standard InChI is InChI=1S/C26H23ClN2O5S/c27-21-6-8-22(9-7-21)35(31,32)29(11-10-18-4-2-1-3-5-18)17-20-14-19-15-24-25(34-13-12-33-24)16-23(19)28-26(20)30/h1-9,14-16H,10-13,17H2,(H,28,30). The summed E-state index contributed by atoms with van der Waals surface area (Å²) >= 11 is 5.97. The summed E-state index contributed by atoms with van der Waals surface area (Å²) in [6, 6.07) is 20.9. The van der Waals surface area contributed by atoms with Crippen molar-refractivity contribution in [3.63, 3.8) is 0 Å². The normalized spacial score (nSPS) is 13.3. The summed E-state index contributed by atoms with van der Waals surface area (Å²) < 4.78 is 39.7. The largest absolute Gasteiger partial charge is 0.486 e. The average molecular weight is 511 g/mol. The highest BCUT2D eigenvalue weighted by Gasteiger charge is 2.26. The molecule has 7 nitrogen and oxygen atoms in total. The lowest BCUT2D eigenvalue weighted by atomic mass is 10.1. The molecule has 1 N–H and O–H groups in total. The smallest absolute Gasteiger partial charge is 0.252 e. The molecule has 1 aromatic heterocycles. The van der Waals surface area contributed by atoms with Gasteiger partial charge in [-0.05, 0) is 48.4 Å². The monoisotopic (exact) mass is 510 g/mol. The highest BCUT2D eigenvalue weighted by atomic mass is 35.5. The molecule has 1 aliphatic heterocycles. The van der Waals surface area contributed by atoms with Gasteiger partial charge in [0.15, 0.2) is 11.5 Å². The van der Waals surface area contributed by atoms with Gasteiger partial charge in [0.2, 0.25) is 10.0 Å². The van der Waals surface area contributed by atoms with Crippen LogP contribution in [0.15, 0.2) is 82.5 Å². The fraction of sp³-hybridized carbons (Fsp3) is 0.192. The molecule has 2 heterocycles. The number of nitrogens with one attached hydrogen (secondary N) is 1. The van der Waals surface area contributed by atoms with E-state index in [1.54, 1.807) is 18.2 Å². The van der Waals surface area contributed by atoms with E-state index in [2.05, 4.69) is 4.98 Å². The Balaban J connectivity index is 1.51. The van der Waals surface area contributed by atoms with Crippen LogP contribution >= 0.6 is 11.6 Å². The average Bonchev–Trinajstić information content (AvgIpc) is 2.86. The number of H-pyrrole nitrogens is 1. The minimum absolute atomic E-state index is 0.0858. The zero-order chi connectivity index (χ0) is 24.4. The maximum atomic E-state index is 13.6. The second-order valence-electron chi connectivity index (χ2n) is 8.23. The predicted octanol–water partition coefficient (Wildman–Crippen LogP) is 4.39. The van der Waals surface area contributed by atoms with Crippen molar-refractivity contribution >= 4 is 32.5 Å². The summed E-state index contributed by atoms with van der Waals surface area (Å²) in [5.41, 5.74) is 1.57. The molecule has 0 fully saturated rings. The van der Waals surface area contributed by atoms with E-state index in [-0.39, 0.29) is 23.5 Å². The quantitative estimate of drug-likeness (QED) is 0.398. The topological polar surface area (TPSA) is 88.7 Å². The number of sulfonamides is 1. The SMILES string of the molecule is O=c1[nH]c2cc3c(cc2cc1CN(CCc1ccccc1)S(=O)(=O)c1ccc(Cl)cc1)OCCO3. The van der Waals surface area contributed by atoms with E-state index < -0.39 is 10.0 Å². The summed E-state index contributed by atoms with van der Waals surface area (Å²) in [6.45, 7) is 1.01. The van der Waals surface area contributed by atoms with Gasteiger partial charge in [-0.15, -0.1) is 0 Å². The Bertz CT molecular complexity index is 1520. The van der Waals surface area contributed by atoms with E-state index in [1.807, 2.05) is 30.3 Å². The fourth-order valence-corrected chi connectivity index (χ4v) is 5.58. The van der Waals surface area contributed by atoms with E-state index in [9.17, 15) is 13.2 Å². The number of nitrogens with zero attached hydrogens (tertiary/aromatic N) is 1. The van der Waals surface area contributed by atoms with Crippen molar-refractivity contribution in [2.75, 3.05) is 19.8 Å². The van der Waals surface area contributed by atoms with Crippen LogP contribution in [0.25, 0.3) is 10.9 Å². The molecular weight excluding hydrogens is 488 g/mol. The number of rotatable bonds is 7. The lowest BCUT2D eigenvalue weighted by molar-refractivity contribution is 0.172. The van der Waals surface area contributed by atoms with Gasteiger partial charge in [0.1, 0.15) is 13.2 Å². The van der Waals surface area contributed by atoms with Crippen molar-refractivity contribution < 1.29 is 17.9 Å². The van der Waals surface area contributed by atoms with Crippen molar-refractivity contribution in [1.29, 1.82) is 0 Å². The Morgan fingerprint density at radius 2 is 1.60 bits per heavy atom. The summed E-state index contributed by atoms with van der Waals surface area (Å²) in [5.74, 6) is 1.17. The molecule has 0 saturated carbocycles. The second kappa shape index (κ2) is 9.73. The number of aromatic amines is 1. The van der Waals surface area contributed by atoms with Crippen LogP contribution in [0.4, 0.5) is 0 Å². The summed E-state index contributed by atoms with van der Waals surface area (Å²) in [4.78, 5) is 15.9. The highest BCUT2D eigenvalue weighted by Crippen LogP contribution is 2.34. The van der Waals surface area contributed by atoms with E-state index in [4.69, 9.17) is 21.1 Å². The molecule has 180 valence electrons. The molecule has 0 radical (unpaired) electrons. The number of hydrogen-bond acceptors (Lipinski definition) is 5. The van der Waals surface area contributed by atoms with Crippen LogP contribution in [0, 0.1) is 0 Å². The maximum Gasteiger partial charge on any atom is 0.252 e. The second-order valence-corrected chi connectivity index (χ2v) is 10.6. The van der Waals surface area contributed by atoms with E-state index in [1.165, 1.54) is 28.6 Å². The van der Waals surface area contributed by atoms with Gasteiger partial charge < -0.3 is 14.5 Å². The third-order valence-electron chi connectivity index (χ3n) is 5.87. The highest BCUT2D eigenvalue weighted by molar-refractivity contribution is 7.89. The first kappa shape index (κ1) is 23.4. The fourth-order valence-electron chi connectivity index (χ4n) is 4.03. The molecule has 0 spiro atoms. The van der Waals surface area contributed by atoms with Gasteiger partial charge in [0.25, 0.3) is 5.56 Å². The van der Waals surface area contributed by atoms with E-state index in [0.29, 0.717) is 47.2 Å². The molecular formula is C26H23ClN2O5S. The van der Waals surface area contributed by atoms with Crippen molar-refractivity contribution in [3.05, 3.63) is 99.3 Å². The van der Waals surface area contributed by atoms with E-state index >= 15 is 0 Å². The Kier molecular flexibility index (Phi) is 6.51. The summed E-state index contributed by atoms with van der Waals surface area (Å²) in [7, 11) is -3.89. The van der Waals surface area contributed by atoms with Gasteiger partial charge in [-0.2, -0.15) is 4.31 Å². The Labute approximate surface area is 207 Å². The van der Waals surface area contributed by atoms with Crippen LogP contribution in [0.1, 0.15) is 11.1 Å². The third-order valence-corrected chi connectivity index (χ3v) is 7.99. The van der Waals surface area contributed by atoms with E-state index in [0.717, 1.165) is 10.9 Å². The van der Waals surface area contributed by atoms with Crippen molar-refractivity contribution in [2.24, 2.45) is 0 Å². The first-order valence-corrected chi connectivity index (χ1v) is 13.0. The van der Waals surface area contributed by atoms with Crippen LogP contribution in [0.2, 0.25) is 5.02 Å². The Hall–Kier alpha value is -3.33. The van der Waals surface area contributed by atoms with Gasteiger partial charge >= 0.3 is 0 Å². The maximum absolute atomic E-state index is 13.6. The summed E-state index contributed by atoms with van der Waals surface area (Å²) in [5, 5.41) is 1.18. The molecule has 0 atom stereocenters. The number of fused-ring (bicyclic) bond motifs is 2. The zero-order valence-corrected chi connectivity index (χ0v) is 20.3. The molecule has 0 saturated heterocycles. The minimum atomic E-state index is -3.89. The molecule has 0 unspecified atom stereocenters. The molecule has 3 aromatic carbocycles. The molecule has 0 bridgehead atoms. The minimum Gasteiger partial charge on any atom is -0.486 e. The Morgan fingerprint density at radius 1 is 0.914 bits per heavy atom. The van der Waals surface area contributed by atoms with Crippen LogP contribution < -0.4 is 15.0 Å². The lowest BCUT2D eigenvalue weighted by Crippen LogP contribution is -2.34. The number of hydrogen-bond donors (Lipinski definition) is 1. The predicted molar refractivity (Wildman–Crippen MR) is 135 cm³/mol. The van der Waals surface area contributed by atoms with Crippen LogP contribution in [-0.2, 0) is 23.0 Å². The van der Waals surface area contributed by atoms with Crippen molar-refractivity contribution in [3.8, 4) is 11.5 Å². The number of aromatic nitrogens is 1. The summed E-state index contributed by atoms with van der Waals surface area (Å²) in [6.07, 6.45) is 0.498. The molecule has 35 heavy (non-hydrogen) atoms. The first-order chi connectivity index (χ1) is 16.9. The van der Waals surface area contributed by atoms with Gasteiger partial charge in [-0.1, -0.05) is 41.9 Å². The van der Waals surface area contributed by atoms with Crippen LogP contribution in [0.5, 0.6) is 11.5 Å². The van der Waals surface area contributed by atoms with Crippen LogP contribution in [0.3, 0.4) is 0 Å². The molecule has 5 rings (SSSR count). The first-order valence-electron chi connectivity index (χ1n) is 11.2. The zero-order valence-electron chi connectivity index (χ0n) is 18.7. The molecule has 4 aromatic rings. The molecule has 1 aliphatic rings. The van der Waals surface area contributed by atoms with Crippen molar-refractivity contribution in [1.82, 2.24) is 9.29 Å². The third kappa shape index (κ3) is 5.05.